The van der Waals surface area contributed by atoms with Crippen LogP contribution in [0, 0.1) is 17.2 Å². The number of nitrogens with one attached hydrogen (secondary N) is 1. The zero-order chi connectivity index (χ0) is 15.1. The maximum absolute atomic E-state index is 12.0. The Bertz CT molecular complexity index is 629. The largest absolute Gasteiger partial charge is 0.354 e. The lowest BCUT2D eigenvalue weighted by Gasteiger charge is -2.09. The molecule has 21 heavy (non-hydrogen) atoms. The third-order valence-electron chi connectivity index (χ3n) is 3.05. The Hall–Kier alpha value is -2.68. The van der Waals surface area contributed by atoms with Gasteiger partial charge in [-0.1, -0.05) is 30.3 Å². The molecule has 1 aromatic carbocycles. The van der Waals surface area contributed by atoms with Crippen LogP contribution in [0.2, 0.25) is 0 Å². The molecule has 0 aliphatic carbocycles. The van der Waals surface area contributed by atoms with Crippen LogP contribution in [0.1, 0.15) is 11.4 Å². The number of aromatic nitrogens is 3. The molecule has 1 unspecified atom stereocenters. The van der Waals surface area contributed by atoms with E-state index in [4.69, 9.17) is 5.26 Å². The molecule has 1 aromatic heterocycles. The molecule has 1 heterocycles. The second-order valence-electron chi connectivity index (χ2n) is 4.75. The molecule has 2 rings (SSSR count). The van der Waals surface area contributed by atoms with Crippen LogP contribution in [0.15, 0.2) is 36.7 Å². The van der Waals surface area contributed by atoms with Crippen molar-refractivity contribution in [1.82, 2.24) is 20.1 Å². The molecule has 0 bridgehead atoms. The smallest absolute Gasteiger partial charge is 0.237 e. The van der Waals surface area contributed by atoms with Crippen molar-refractivity contribution in [3.05, 3.63) is 48.0 Å². The van der Waals surface area contributed by atoms with Gasteiger partial charge in [-0.25, -0.2) is 4.98 Å². The number of hydrogen-bond donors (Lipinski definition) is 1. The molecule has 2 aromatic rings. The minimum atomic E-state index is -0.677. The van der Waals surface area contributed by atoms with E-state index in [1.807, 2.05) is 30.3 Å². The minimum absolute atomic E-state index is 0.253. The highest BCUT2D eigenvalue weighted by molar-refractivity contribution is 5.81. The molecule has 108 valence electrons. The fourth-order valence-electron chi connectivity index (χ4n) is 1.97. The Morgan fingerprint density at radius 2 is 2.19 bits per heavy atom. The van der Waals surface area contributed by atoms with Crippen LogP contribution < -0.4 is 5.32 Å². The van der Waals surface area contributed by atoms with Crippen LogP contribution in [0.25, 0.3) is 0 Å². The number of benzene rings is 1. The van der Waals surface area contributed by atoms with E-state index in [1.54, 1.807) is 18.1 Å². The van der Waals surface area contributed by atoms with Gasteiger partial charge in [-0.05, 0) is 12.0 Å². The van der Waals surface area contributed by atoms with Crippen LogP contribution in [0.3, 0.4) is 0 Å². The lowest BCUT2D eigenvalue weighted by atomic mass is 10.00. The number of hydrogen-bond acceptors (Lipinski definition) is 4. The SMILES string of the molecule is Cn1cnc(CCNC(=O)C(C#N)Cc2ccccc2)n1. The molecule has 0 saturated heterocycles. The number of rotatable bonds is 6. The van der Waals surface area contributed by atoms with Gasteiger partial charge in [-0.3, -0.25) is 9.48 Å². The predicted molar refractivity (Wildman–Crippen MR) is 77.0 cm³/mol. The van der Waals surface area contributed by atoms with Crippen molar-refractivity contribution >= 4 is 5.91 Å². The van der Waals surface area contributed by atoms with Crippen molar-refractivity contribution in [3.8, 4) is 6.07 Å². The van der Waals surface area contributed by atoms with Gasteiger partial charge >= 0.3 is 0 Å². The Labute approximate surface area is 123 Å². The molecule has 6 heteroatoms. The van der Waals surface area contributed by atoms with E-state index in [2.05, 4.69) is 21.5 Å². The maximum Gasteiger partial charge on any atom is 0.237 e. The average Bonchev–Trinajstić information content (AvgIpc) is 2.91. The third-order valence-corrected chi connectivity index (χ3v) is 3.05. The van der Waals surface area contributed by atoms with Gasteiger partial charge in [0.1, 0.15) is 12.2 Å². The molecule has 6 nitrogen and oxygen atoms in total. The van der Waals surface area contributed by atoms with Crippen LogP contribution in [0.5, 0.6) is 0 Å². The second kappa shape index (κ2) is 7.20. The second-order valence-corrected chi connectivity index (χ2v) is 4.75. The van der Waals surface area contributed by atoms with E-state index in [9.17, 15) is 4.79 Å². The zero-order valence-electron chi connectivity index (χ0n) is 11.9. The fraction of sp³-hybridized carbons (Fsp3) is 0.333. The highest BCUT2D eigenvalue weighted by Gasteiger charge is 2.17. The van der Waals surface area contributed by atoms with Gasteiger partial charge < -0.3 is 5.32 Å². The summed E-state index contributed by atoms with van der Waals surface area (Å²) < 4.78 is 1.62. The standard InChI is InChI=1S/C15H17N5O/c1-20-11-18-14(19-20)7-8-17-15(21)13(10-16)9-12-5-3-2-4-6-12/h2-6,11,13H,7-9H2,1H3,(H,17,21). The summed E-state index contributed by atoms with van der Waals surface area (Å²) in [6.45, 7) is 0.426. The normalized spacial score (nSPS) is 11.6. The molecule has 0 spiro atoms. The molecule has 0 fully saturated rings. The van der Waals surface area contributed by atoms with Crippen LogP contribution in [-0.4, -0.2) is 27.2 Å². The molecular weight excluding hydrogens is 266 g/mol. The summed E-state index contributed by atoms with van der Waals surface area (Å²) in [6, 6.07) is 11.6. The summed E-state index contributed by atoms with van der Waals surface area (Å²) in [6.07, 6.45) is 2.59. The van der Waals surface area contributed by atoms with Gasteiger partial charge in [0.05, 0.1) is 6.07 Å². The number of amides is 1. The molecular formula is C15H17N5O. The quantitative estimate of drug-likeness (QED) is 0.852. The van der Waals surface area contributed by atoms with Gasteiger partial charge in [0, 0.05) is 20.0 Å². The lowest BCUT2D eigenvalue weighted by molar-refractivity contribution is -0.123. The Morgan fingerprint density at radius 1 is 1.43 bits per heavy atom. The number of carbonyl (C=O) groups is 1. The van der Waals surface area contributed by atoms with Crippen molar-refractivity contribution in [2.75, 3.05) is 6.54 Å². The summed E-state index contributed by atoms with van der Waals surface area (Å²) in [5, 5.41) is 16.0. The maximum atomic E-state index is 12.0. The highest BCUT2D eigenvalue weighted by Crippen LogP contribution is 2.08. The number of aryl methyl sites for hydroxylation is 1. The number of nitriles is 1. The van der Waals surface area contributed by atoms with Gasteiger partial charge in [0.15, 0.2) is 5.82 Å². The third kappa shape index (κ3) is 4.42. The fourth-order valence-corrected chi connectivity index (χ4v) is 1.97. The van der Waals surface area contributed by atoms with E-state index in [1.165, 1.54) is 0 Å². The van der Waals surface area contributed by atoms with E-state index < -0.39 is 5.92 Å². The van der Waals surface area contributed by atoms with Crippen molar-refractivity contribution in [1.29, 1.82) is 5.26 Å². The van der Waals surface area contributed by atoms with E-state index in [0.29, 0.717) is 25.2 Å². The van der Waals surface area contributed by atoms with E-state index >= 15 is 0 Å². The lowest BCUT2D eigenvalue weighted by Crippen LogP contribution is -2.32. The Morgan fingerprint density at radius 3 is 2.81 bits per heavy atom. The molecule has 0 saturated carbocycles. The van der Waals surface area contributed by atoms with Crippen LogP contribution >= 0.6 is 0 Å². The first-order chi connectivity index (χ1) is 10.2. The van der Waals surface area contributed by atoms with Crippen LogP contribution in [0.4, 0.5) is 0 Å². The zero-order valence-corrected chi connectivity index (χ0v) is 11.9. The van der Waals surface area contributed by atoms with Gasteiger partial charge in [-0.15, -0.1) is 0 Å². The van der Waals surface area contributed by atoms with Crippen molar-refractivity contribution in [2.45, 2.75) is 12.8 Å². The van der Waals surface area contributed by atoms with Gasteiger partial charge in [0.25, 0.3) is 0 Å². The predicted octanol–water partition coefficient (Wildman–Crippen LogP) is 0.856. The van der Waals surface area contributed by atoms with E-state index in [-0.39, 0.29) is 5.91 Å². The van der Waals surface area contributed by atoms with Gasteiger partial charge in [0.2, 0.25) is 5.91 Å². The first-order valence-electron chi connectivity index (χ1n) is 6.75. The number of carbonyl (C=O) groups excluding carboxylic acids is 1. The highest BCUT2D eigenvalue weighted by atomic mass is 16.1. The molecule has 0 aliphatic heterocycles. The molecule has 0 radical (unpaired) electrons. The summed E-state index contributed by atoms with van der Waals surface area (Å²) >= 11 is 0. The molecule has 1 atom stereocenters. The molecule has 0 aliphatic rings. The minimum Gasteiger partial charge on any atom is -0.354 e. The van der Waals surface area contributed by atoms with Crippen LogP contribution in [-0.2, 0) is 24.7 Å². The summed E-state index contributed by atoms with van der Waals surface area (Å²) in [5.74, 6) is -0.254. The summed E-state index contributed by atoms with van der Waals surface area (Å²) in [5.41, 5.74) is 0.977. The average molecular weight is 283 g/mol. The summed E-state index contributed by atoms with van der Waals surface area (Å²) in [7, 11) is 1.79. The number of nitrogens with zero attached hydrogens (tertiary/aromatic N) is 4. The topological polar surface area (TPSA) is 83.6 Å². The molecule has 1 amide bonds. The first kappa shape index (κ1) is 14.7. The van der Waals surface area contributed by atoms with Gasteiger partial charge in [-0.2, -0.15) is 10.4 Å². The van der Waals surface area contributed by atoms with E-state index in [0.717, 1.165) is 5.56 Å². The summed E-state index contributed by atoms with van der Waals surface area (Å²) in [4.78, 5) is 16.1. The van der Waals surface area contributed by atoms with Crippen molar-refractivity contribution in [2.24, 2.45) is 13.0 Å². The Kier molecular flexibility index (Phi) is 5.04. The van der Waals surface area contributed by atoms with Crippen molar-refractivity contribution in [3.63, 3.8) is 0 Å². The first-order valence-corrected chi connectivity index (χ1v) is 6.75. The van der Waals surface area contributed by atoms with Crippen molar-refractivity contribution < 1.29 is 4.79 Å². The Balaban J connectivity index is 1.82. The molecule has 1 N–H and O–H groups in total. The monoisotopic (exact) mass is 283 g/mol.